The van der Waals surface area contributed by atoms with Crippen LogP contribution in [0.1, 0.15) is 44.4 Å². The summed E-state index contributed by atoms with van der Waals surface area (Å²) in [4.78, 5) is 12.2. The Morgan fingerprint density at radius 1 is 1.14 bits per heavy atom. The summed E-state index contributed by atoms with van der Waals surface area (Å²) in [6, 6.07) is 12.0. The summed E-state index contributed by atoms with van der Waals surface area (Å²) in [5.41, 5.74) is 7.58. The van der Waals surface area contributed by atoms with Crippen LogP contribution in [0.4, 0.5) is 5.69 Å². The van der Waals surface area contributed by atoms with E-state index in [-0.39, 0.29) is 18.7 Å². The fraction of sp³-hybridized carbons (Fsp3) is 0.364. The van der Waals surface area contributed by atoms with Crippen LogP contribution in [-0.4, -0.2) is 24.5 Å². The van der Waals surface area contributed by atoms with Crippen LogP contribution in [0.2, 0.25) is 0 Å². The maximum atomic E-state index is 12.2. The van der Waals surface area contributed by atoms with Gasteiger partial charge in [0.2, 0.25) is 12.7 Å². The number of benzene rings is 2. The van der Waals surface area contributed by atoms with Gasteiger partial charge in [-0.15, -0.1) is 0 Å². The molecule has 4 rings (SSSR count). The van der Waals surface area contributed by atoms with Gasteiger partial charge in [-0.1, -0.05) is 32.9 Å². The van der Waals surface area contributed by atoms with Gasteiger partial charge in [0.05, 0.1) is 5.71 Å². The standard InChI is InChI=1S/C22H25N3O3/c1-13-9-15-10-18-19(28-12-27-18)11-17(15)20(25-24-13)14-5-7-16(8-6-14)23-21(26)22(2,3)4/h5-8,10-11,13,24H,9,12H2,1-4H3,(H,23,26). The molecule has 146 valence electrons. The number of anilines is 1. The maximum Gasteiger partial charge on any atom is 0.231 e. The van der Waals surface area contributed by atoms with Gasteiger partial charge in [0, 0.05) is 28.3 Å². The van der Waals surface area contributed by atoms with E-state index in [9.17, 15) is 4.79 Å². The summed E-state index contributed by atoms with van der Waals surface area (Å²) in [5.74, 6) is 1.52. The molecule has 0 aromatic heterocycles. The van der Waals surface area contributed by atoms with Crippen LogP contribution in [0.3, 0.4) is 0 Å². The minimum absolute atomic E-state index is 0.0133. The third-order valence-electron chi connectivity index (χ3n) is 4.87. The Bertz CT molecular complexity index is 943. The molecule has 2 aliphatic heterocycles. The zero-order valence-corrected chi connectivity index (χ0v) is 16.6. The highest BCUT2D eigenvalue weighted by atomic mass is 16.7. The summed E-state index contributed by atoms with van der Waals surface area (Å²) < 4.78 is 11.1. The Labute approximate surface area is 164 Å². The average molecular weight is 379 g/mol. The van der Waals surface area contributed by atoms with E-state index in [1.165, 1.54) is 5.56 Å². The largest absolute Gasteiger partial charge is 0.454 e. The van der Waals surface area contributed by atoms with E-state index in [1.807, 2.05) is 51.1 Å². The molecule has 0 saturated heterocycles. The van der Waals surface area contributed by atoms with Crippen molar-refractivity contribution < 1.29 is 14.3 Å². The second-order valence-corrected chi connectivity index (χ2v) is 8.34. The van der Waals surface area contributed by atoms with Crippen molar-refractivity contribution in [2.24, 2.45) is 10.5 Å². The number of ether oxygens (including phenoxy) is 2. The second kappa shape index (κ2) is 6.86. The SMILES string of the molecule is CC1Cc2cc3c(cc2C(c2ccc(NC(=O)C(C)(C)C)cc2)=NN1)OCO3. The van der Waals surface area contributed by atoms with Gasteiger partial charge in [-0.3, -0.25) is 4.79 Å². The molecule has 2 aromatic carbocycles. The van der Waals surface area contributed by atoms with E-state index in [2.05, 4.69) is 28.8 Å². The number of amides is 1. The van der Waals surface area contributed by atoms with Crippen LogP contribution in [0.5, 0.6) is 11.5 Å². The predicted molar refractivity (Wildman–Crippen MR) is 109 cm³/mol. The molecule has 0 radical (unpaired) electrons. The van der Waals surface area contributed by atoms with Crippen LogP contribution in [0.15, 0.2) is 41.5 Å². The number of carbonyl (C=O) groups excluding carboxylic acids is 1. The molecule has 2 heterocycles. The lowest BCUT2D eigenvalue weighted by molar-refractivity contribution is -0.123. The van der Waals surface area contributed by atoms with Gasteiger partial charge in [0.1, 0.15) is 0 Å². The summed E-state index contributed by atoms with van der Waals surface area (Å²) in [6.07, 6.45) is 0.846. The van der Waals surface area contributed by atoms with Crippen LogP contribution >= 0.6 is 0 Å². The zero-order valence-electron chi connectivity index (χ0n) is 16.6. The van der Waals surface area contributed by atoms with Gasteiger partial charge in [-0.05, 0) is 43.2 Å². The highest BCUT2D eigenvalue weighted by Gasteiger charge is 2.24. The fourth-order valence-corrected chi connectivity index (χ4v) is 3.23. The van der Waals surface area contributed by atoms with Crippen LogP contribution < -0.4 is 20.2 Å². The Hall–Kier alpha value is -3.02. The van der Waals surface area contributed by atoms with Gasteiger partial charge >= 0.3 is 0 Å². The Morgan fingerprint density at radius 2 is 1.82 bits per heavy atom. The molecule has 2 aliphatic rings. The lowest BCUT2D eigenvalue weighted by Gasteiger charge is -2.18. The van der Waals surface area contributed by atoms with Gasteiger partial charge in [0.15, 0.2) is 11.5 Å². The molecule has 2 N–H and O–H groups in total. The van der Waals surface area contributed by atoms with Crippen LogP contribution in [0, 0.1) is 5.41 Å². The first kappa shape index (κ1) is 18.3. The first-order valence-electron chi connectivity index (χ1n) is 9.49. The van der Waals surface area contributed by atoms with Crippen molar-refractivity contribution in [1.82, 2.24) is 5.43 Å². The van der Waals surface area contributed by atoms with Crippen molar-refractivity contribution in [2.75, 3.05) is 12.1 Å². The van der Waals surface area contributed by atoms with Gasteiger partial charge in [-0.25, -0.2) is 0 Å². The van der Waals surface area contributed by atoms with Crippen molar-refractivity contribution in [2.45, 2.75) is 40.2 Å². The molecule has 1 amide bonds. The van der Waals surface area contributed by atoms with E-state index in [1.54, 1.807) is 0 Å². The average Bonchev–Trinajstić information content (AvgIpc) is 3.02. The molecule has 28 heavy (non-hydrogen) atoms. The maximum absolute atomic E-state index is 12.2. The molecule has 0 aliphatic carbocycles. The summed E-state index contributed by atoms with van der Waals surface area (Å²) in [7, 11) is 0. The van der Waals surface area contributed by atoms with Gasteiger partial charge in [-0.2, -0.15) is 5.10 Å². The fourth-order valence-electron chi connectivity index (χ4n) is 3.23. The predicted octanol–water partition coefficient (Wildman–Crippen LogP) is 3.69. The number of fused-ring (bicyclic) bond motifs is 2. The summed E-state index contributed by atoms with van der Waals surface area (Å²) in [6.45, 7) is 8.04. The van der Waals surface area contributed by atoms with Crippen molar-refractivity contribution in [3.05, 3.63) is 53.1 Å². The molecule has 6 nitrogen and oxygen atoms in total. The van der Waals surface area contributed by atoms with E-state index < -0.39 is 5.41 Å². The smallest absolute Gasteiger partial charge is 0.231 e. The van der Waals surface area contributed by atoms with Crippen LogP contribution in [0.25, 0.3) is 0 Å². The Balaban J connectivity index is 1.67. The molecule has 1 atom stereocenters. The van der Waals surface area contributed by atoms with Crippen molar-refractivity contribution >= 4 is 17.3 Å². The third-order valence-corrected chi connectivity index (χ3v) is 4.87. The van der Waals surface area contributed by atoms with Crippen LogP contribution in [-0.2, 0) is 11.2 Å². The lowest BCUT2D eigenvalue weighted by Crippen LogP contribution is -2.27. The second-order valence-electron chi connectivity index (χ2n) is 8.34. The van der Waals surface area contributed by atoms with Crippen molar-refractivity contribution in [1.29, 1.82) is 0 Å². The zero-order chi connectivity index (χ0) is 19.9. The third kappa shape index (κ3) is 3.54. The molecule has 0 bridgehead atoms. The number of hydrazone groups is 1. The molecular formula is C22H25N3O3. The quantitative estimate of drug-likeness (QED) is 0.835. The summed E-state index contributed by atoms with van der Waals surface area (Å²) >= 11 is 0. The number of hydrogen-bond donors (Lipinski definition) is 2. The first-order valence-corrected chi connectivity index (χ1v) is 9.49. The van der Waals surface area contributed by atoms with E-state index >= 15 is 0 Å². The van der Waals surface area contributed by atoms with Gasteiger partial charge < -0.3 is 20.2 Å². The number of nitrogens with zero attached hydrogens (tertiary/aromatic N) is 1. The highest BCUT2D eigenvalue weighted by Crippen LogP contribution is 2.37. The van der Waals surface area contributed by atoms with Crippen molar-refractivity contribution in [3.8, 4) is 11.5 Å². The number of hydrogen-bond acceptors (Lipinski definition) is 5. The lowest BCUT2D eigenvalue weighted by atomic mass is 9.93. The van der Waals surface area contributed by atoms with Crippen molar-refractivity contribution in [3.63, 3.8) is 0 Å². The van der Waals surface area contributed by atoms with E-state index in [4.69, 9.17) is 9.47 Å². The topological polar surface area (TPSA) is 72.0 Å². The van der Waals surface area contributed by atoms with E-state index in [0.717, 1.165) is 40.4 Å². The Kier molecular flexibility index (Phi) is 4.49. The number of carbonyl (C=O) groups is 1. The normalized spacial score (nSPS) is 17.9. The number of rotatable bonds is 2. The molecular weight excluding hydrogens is 354 g/mol. The molecule has 1 unspecified atom stereocenters. The first-order chi connectivity index (χ1) is 13.3. The summed E-state index contributed by atoms with van der Waals surface area (Å²) in [5, 5.41) is 7.61. The molecule has 0 spiro atoms. The highest BCUT2D eigenvalue weighted by molar-refractivity contribution is 6.14. The number of nitrogens with one attached hydrogen (secondary N) is 2. The minimum atomic E-state index is -0.439. The molecule has 0 saturated carbocycles. The Morgan fingerprint density at radius 3 is 2.50 bits per heavy atom. The monoisotopic (exact) mass is 379 g/mol. The van der Waals surface area contributed by atoms with E-state index in [0.29, 0.717) is 0 Å². The molecule has 0 fully saturated rings. The molecule has 2 aromatic rings. The molecule has 6 heteroatoms. The van der Waals surface area contributed by atoms with Gasteiger partial charge in [0.25, 0.3) is 0 Å². The minimum Gasteiger partial charge on any atom is -0.454 e.